The molecule has 5 nitrogen and oxygen atoms in total. The molecule has 0 fully saturated rings. The van der Waals surface area contributed by atoms with Gasteiger partial charge in [-0.3, -0.25) is 0 Å². The van der Waals surface area contributed by atoms with Crippen LogP contribution in [0.15, 0.2) is 28.7 Å². The maximum Gasteiger partial charge on any atom is 0.314 e. The van der Waals surface area contributed by atoms with Crippen molar-refractivity contribution < 1.29 is 9.21 Å². The highest BCUT2D eigenvalue weighted by molar-refractivity contribution is 5.74. The van der Waals surface area contributed by atoms with Gasteiger partial charge in [-0.15, -0.1) is 0 Å². The Morgan fingerprint density at radius 2 is 2.00 bits per heavy atom. The Morgan fingerprint density at radius 3 is 2.70 bits per heavy atom. The van der Waals surface area contributed by atoms with Gasteiger partial charge in [-0.2, -0.15) is 0 Å². The predicted octanol–water partition coefficient (Wildman–Crippen LogP) is 2.72. The number of nitrogens with zero attached hydrogens (tertiary/aromatic N) is 1. The molecule has 5 heteroatoms. The number of rotatable bonds is 4. The highest BCUT2D eigenvalue weighted by Gasteiger charge is 2.11. The van der Waals surface area contributed by atoms with Gasteiger partial charge in [0, 0.05) is 19.5 Å². The Hall–Kier alpha value is -2.04. The second-order valence-corrected chi connectivity index (χ2v) is 6.00. The molecule has 0 atom stereocenters. The van der Waals surface area contributed by atoms with E-state index < -0.39 is 0 Å². The molecule has 1 heterocycles. The summed E-state index contributed by atoms with van der Waals surface area (Å²) >= 11 is 0. The summed E-state index contributed by atoms with van der Waals surface area (Å²) in [5, 5.41) is 5.63. The van der Waals surface area contributed by atoms with Crippen LogP contribution in [0.2, 0.25) is 0 Å². The first-order valence-corrected chi connectivity index (χ1v) is 6.80. The number of amides is 2. The average Bonchev–Trinajstić information content (AvgIpc) is 2.78. The number of hydrogen-bond acceptors (Lipinski definition) is 3. The van der Waals surface area contributed by atoms with E-state index >= 15 is 0 Å². The fourth-order valence-corrected chi connectivity index (χ4v) is 1.72. The van der Waals surface area contributed by atoms with Crippen molar-refractivity contribution in [2.75, 3.05) is 13.1 Å². The Labute approximate surface area is 118 Å². The molecule has 0 aliphatic rings. The minimum atomic E-state index is -0.156. The van der Waals surface area contributed by atoms with Crippen LogP contribution in [0.5, 0.6) is 0 Å². The van der Waals surface area contributed by atoms with Gasteiger partial charge in [0.1, 0.15) is 5.52 Å². The molecular weight excluding hydrogens is 254 g/mol. The van der Waals surface area contributed by atoms with Crippen LogP contribution in [-0.2, 0) is 6.42 Å². The average molecular weight is 275 g/mol. The molecule has 0 aliphatic carbocycles. The predicted molar refractivity (Wildman–Crippen MR) is 78.6 cm³/mol. The SMILES string of the molecule is CC(C)(C)CNC(=O)NCCc1nc2ccccc2o1. The van der Waals surface area contributed by atoms with Gasteiger partial charge in [0.15, 0.2) is 11.5 Å². The van der Waals surface area contributed by atoms with E-state index in [0.29, 0.717) is 25.4 Å². The maximum atomic E-state index is 11.6. The number of para-hydroxylation sites is 2. The zero-order valence-corrected chi connectivity index (χ0v) is 12.2. The first kappa shape index (κ1) is 14.4. The molecule has 0 unspecified atom stereocenters. The van der Waals surface area contributed by atoms with Crippen molar-refractivity contribution in [3.63, 3.8) is 0 Å². The second kappa shape index (κ2) is 5.94. The van der Waals surface area contributed by atoms with Crippen molar-refractivity contribution in [2.24, 2.45) is 5.41 Å². The molecule has 2 aromatic rings. The van der Waals surface area contributed by atoms with E-state index in [1.54, 1.807) is 0 Å². The van der Waals surface area contributed by atoms with Crippen LogP contribution < -0.4 is 10.6 Å². The topological polar surface area (TPSA) is 67.2 Å². The summed E-state index contributed by atoms with van der Waals surface area (Å²) in [6, 6.07) is 7.47. The van der Waals surface area contributed by atoms with Crippen LogP contribution in [0, 0.1) is 5.41 Å². The third-order valence-electron chi connectivity index (χ3n) is 2.74. The molecule has 0 aliphatic heterocycles. The first-order valence-electron chi connectivity index (χ1n) is 6.80. The lowest BCUT2D eigenvalue weighted by atomic mass is 9.97. The normalized spacial score (nSPS) is 11.6. The number of carbonyl (C=O) groups is 1. The standard InChI is InChI=1S/C15H21N3O2/c1-15(2,3)10-17-14(19)16-9-8-13-18-11-6-4-5-7-12(11)20-13/h4-7H,8-10H2,1-3H3,(H2,16,17,19). The van der Waals surface area contributed by atoms with Gasteiger partial charge in [0.25, 0.3) is 0 Å². The van der Waals surface area contributed by atoms with Crippen molar-refractivity contribution in [3.8, 4) is 0 Å². The lowest BCUT2D eigenvalue weighted by molar-refractivity contribution is 0.235. The van der Waals surface area contributed by atoms with Gasteiger partial charge in [0.2, 0.25) is 0 Å². The number of benzene rings is 1. The van der Waals surface area contributed by atoms with Gasteiger partial charge < -0.3 is 15.1 Å². The minimum Gasteiger partial charge on any atom is -0.441 e. The Morgan fingerprint density at radius 1 is 1.25 bits per heavy atom. The van der Waals surface area contributed by atoms with Crippen LogP contribution in [0.3, 0.4) is 0 Å². The zero-order chi connectivity index (χ0) is 14.6. The van der Waals surface area contributed by atoms with Gasteiger partial charge in [-0.1, -0.05) is 32.9 Å². The second-order valence-electron chi connectivity index (χ2n) is 6.00. The first-order chi connectivity index (χ1) is 9.44. The largest absolute Gasteiger partial charge is 0.441 e. The third kappa shape index (κ3) is 4.26. The van der Waals surface area contributed by atoms with Gasteiger partial charge in [0.05, 0.1) is 0 Å². The lowest BCUT2D eigenvalue weighted by Gasteiger charge is -2.18. The van der Waals surface area contributed by atoms with Crippen molar-refractivity contribution in [1.29, 1.82) is 0 Å². The Balaban J connectivity index is 1.76. The summed E-state index contributed by atoms with van der Waals surface area (Å²) in [6.07, 6.45) is 0.581. The number of urea groups is 1. The van der Waals surface area contributed by atoms with Gasteiger partial charge >= 0.3 is 6.03 Å². The highest BCUT2D eigenvalue weighted by Crippen LogP contribution is 2.14. The molecule has 1 aromatic heterocycles. The minimum absolute atomic E-state index is 0.0810. The number of oxazole rings is 1. The van der Waals surface area contributed by atoms with E-state index in [1.165, 1.54) is 0 Å². The molecule has 2 N–H and O–H groups in total. The number of aromatic nitrogens is 1. The summed E-state index contributed by atoms with van der Waals surface area (Å²) in [6.45, 7) is 7.37. The monoisotopic (exact) mass is 275 g/mol. The number of hydrogen-bond donors (Lipinski definition) is 2. The molecular formula is C15H21N3O2. The van der Waals surface area contributed by atoms with Crippen LogP contribution in [0.1, 0.15) is 26.7 Å². The molecule has 0 radical (unpaired) electrons. The summed E-state index contributed by atoms with van der Waals surface area (Å²) in [5.41, 5.74) is 1.71. The molecule has 108 valence electrons. The van der Waals surface area contributed by atoms with Crippen LogP contribution in [-0.4, -0.2) is 24.1 Å². The molecule has 1 aromatic carbocycles. The van der Waals surface area contributed by atoms with Crippen LogP contribution in [0.4, 0.5) is 4.79 Å². The van der Waals surface area contributed by atoms with E-state index in [1.807, 2.05) is 24.3 Å². The Kier molecular flexibility index (Phi) is 4.27. The van der Waals surface area contributed by atoms with Crippen molar-refractivity contribution in [1.82, 2.24) is 15.6 Å². The fourth-order valence-electron chi connectivity index (χ4n) is 1.72. The molecule has 0 saturated heterocycles. The highest BCUT2D eigenvalue weighted by atomic mass is 16.3. The quantitative estimate of drug-likeness (QED) is 0.901. The van der Waals surface area contributed by atoms with Crippen LogP contribution in [0.25, 0.3) is 11.1 Å². The summed E-state index contributed by atoms with van der Waals surface area (Å²) in [4.78, 5) is 15.9. The van der Waals surface area contributed by atoms with Crippen molar-refractivity contribution in [3.05, 3.63) is 30.2 Å². The number of nitrogens with one attached hydrogen (secondary N) is 2. The molecule has 0 spiro atoms. The smallest absolute Gasteiger partial charge is 0.314 e. The maximum absolute atomic E-state index is 11.6. The number of carbonyl (C=O) groups excluding carboxylic acids is 1. The summed E-state index contributed by atoms with van der Waals surface area (Å²) in [5.74, 6) is 0.641. The van der Waals surface area contributed by atoms with E-state index in [2.05, 4.69) is 36.4 Å². The molecule has 0 saturated carbocycles. The summed E-state index contributed by atoms with van der Waals surface area (Å²) < 4.78 is 5.58. The number of fused-ring (bicyclic) bond motifs is 1. The van der Waals surface area contributed by atoms with E-state index in [0.717, 1.165) is 11.1 Å². The van der Waals surface area contributed by atoms with Gasteiger partial charge in [-0.25, -0.2) is 9.78 Å². The molecule has 0 bridgehead atoms. The molecule has 20 heavy (non-hydrogen) atoms. The zero-order valence-electron chi connectivity index (χ0n) is 12.2. The van der Waals surface area contributed by atoms with Crippen LogP contribution >= 0.6 is 0 Å². The lowest BCUT2D eigenvalue weighted by Crippen LogP contribution is -2.40. The third-order valence-corrected chi connectivity index (χ3v) is 2.74. The summed E-state index contributed by atoms with van der Waals surface area (Å²) in [7, 11) is 0. The van der Waals surface area contributed by atoms with Crippen molar-refractivity contribution >= 4 is 17.1 Å². The fraction of sp³-hybridized carbons (Fsp3) is 0.467. The van der Waals surface area contributed by atoms with E-state index in [9.17, 15) is 4.79 Å². The van der Waals surface area contributed by atoms with Crippen molar-refractivity contribution in [2.45, 2.75) is 27.2 Å². The van der Waals surface area contributed by atoms with E-state index in [4.69, 9.17) is 4.42 Å². The molecule has 2 amide bonds. The Bertz CT molecular complexity index is 551. The van der Waals surface area contributed by atoms with Gasteiger partial charge in [-0.05, 0) is 17.5 Å². The van der Waals surface area contributed by atoms with E-state index in [-0.39, 0.29) is 11.4 Å². The molecule has 2 rings (SSSR count).